The summed E-state index contributed by atoms with van der Waals surface area (Å²) in [5.74, 6) is -0.185. The first-order valence-corrected chi connectivity index (χ1v) is 12.6. The Labute approximate surface area is 207 Å². The summed E-state index contributed by atoms with van der Waals surface area (Å²) in [6.07, 6.45) is 5.28. The Morgan fingerprint density at radius 2 is 1.74 bits per heavy atom. The number of carbonyl (C=O) groups is 2. The molecule has 1 saturated heterocycles. The molecule has 35 heavy (non-hydrogen) atoms. The van der Waals surface area contributed by atoms with Crippen molar-refractivity contribution in [1.29, 1.82) is 0 Å². The number of benzene rings is 2. The van der Waals surface area contributed by atoms with Gasteiger partial charge in [-0.2, -0.15) is 0 Å². The van der Waals surface area contributed by atoms with E-state index in [1.54, 1.807) is 28.8 Å². The second-order valence-corrected chi connectivity index (χ2v) is 9.58. The van der Waals surface area contributed by atoms with Crippen LogP contribution in [0, 0.1) is 5.82 Å². The Bertz CT molecular complexity index is 1310. The van der Waals surface area contributed by atoms with Crippen LogP contribution in [0.25, 0.3) is 5.65 Å². The summed E-state index contributed by atoms with van der Waals surface area (Å²) in [4.78, 5) is 32.6. The van der Waals surface area contributed by atoms with Crippen LogP contribution in [0.4, 0.5) is 4.39 Å². The highest BCUT2D eigenvalue weighted by Gasteiger charge is 2.26. The van der Waals surface area contributed by atoms with Gasteiger partial charge in [-0.15, -0.1) is 11.8 Å². The topological polar surface area (TPSA) is 66.7 Å². The lowest BCUT2D eigenvalue weighted by atomic mass is 10.0. The molecule has 3 heterocycles. The van der Waals surface area contributed by atoms with Gasteiger partial charge in [-0.1, -0.05) is 18.2 Å². The van der Waals surface area contributed by atoms with E-state index in [1.165, 1.54) is 12.1 Å². The van der Waals surface area contributed by atoms with Crippen LogP contribution in [0.5, 0.6) is 0 Å². The van der Waals surface area contributed by atoms with Crippen molar-refractivity contribution in [3.8, 4) is 0 Å². The van der Waals surface area contributed by atoms with Crippen molar-refractivity contribution in [1.82, 2.24) is 19.6 Å². The van der Waals surface area contributed by atoms with E-state index in [-0.39, 0.29) is 23.4 Å². The van der Waals surface area contributed by atoms with Gasteiger partial charge < -0.3 is 14.6 Å². The molecule has 1 aliphatic heterocycles. The molecule has 0 spiro atoms. The molecule has 8 heteroatoms. The van der Waals surface area contributed by atoms with Crippen molar-refractivity contribution in [3.63, 3.8) is 0 Å². The fraction of sp³-hybridized carbons (Fsp3) is 0.222. The molecule has 0 saturated carbocycles. The molecule has 4 aromatic rings. The van der Waals surface area contributed by atoms with Crippen LogP contribution >= 0.6 is 11.8 Å². The number of imidazole rings is 1. The summed E-state index contributed by atoms with van der Waals surface area (Å²) in [5, 5.41) is 3.07. The average molecular weight is 489 g/mol. The molecule has 178 valence electrons. The van der Waals surface area contributed by atoms with Crippen LogP contribution in [0.2, 0.25) is 0 Å². The molecule has 2 aromatic heterocycles. The number of piperidine rings is 1. The van der Waals surface area contributed by atoms with E-state index in [4.69, 9.17) is 0 Å². The number of aromatic nitrogens is 2. The van der Waals surface area contributed by atoms with E-state index in [0.717, 1.165) is 22.0 Å². The van der Waals surface area contributed by atoms with Crippen molar-refractivity contribution >= 4 is 29.2 Å². The fourth-order valence-corrected chi connectivity index (χ4v) is 5.00. The maximum Gasteiger partial charge on any atom is 0.256 e. The van der Waals surface area contributed by atoms with Gasteiger partial charge in [0.2, 0.25) is 0 Å². The van der Waals surface area contributed by atoms with Gasteiger partial charge in [-0.25, -0.2) is 9.37 Å². The number of likely N-dealkylation sites (tertiary alicyclic amines) is 1. The number of halogens is 1. The van der Waals surface area contributed by atoms with E-state index >= 15 is 0 Å². The lowest BCUT2D eigenvalue weighted by Crippen LogP contribution is -2.46. The quantitative estimate of drug-likeness (QED) is 0.396. The zero-order valence-corrected chi connectivity index (χ0v) is 19.9. The molecule has 0 aliphatic carbocycles. The van der Waals surface area contributed by atoms with Gasteiger partial charge in [0.05, 0.1) is 11.3 Å². The third-order valence-electron chi connectivity index (χ3n) is 6.14. The number of thioether (sulfide) groups is 1. The Morgan fingerprint density at radius 3 is 2.49 bits per heavy atom. The first kappa shape index (κ1) is 23.1. The van der Waals surface area contributed by atoms with Crippen LogP contribution in [0.1, 0.15) is 39.3 Å². The number of nitrogens with one attached hydrogen (secondary N) is 1. The highest BCUT2D eigenvalue weighted by molar-refractivity contribution is 7.98. The number of hydrogen-bond acceptors (Lipinski definition) is 4. The van der Waals surface area contributed by atoms with Gasteiger partial charge in [0.25, 0.3) is 11.8 Å². The van der Waals surface area contributed by atoms with Gasteiger partial charge in [0.15, 0.2) is 0 Å². The molecular formula is C27H25FN4O2S. The highest BCUT2D eigenvalue weighted by atomic mass is 32.2. The van der Waals surface area contributed by atoms with E-state index < -0.39 is 5.82 Å². The summed E-state index contributed by atoms with van der Waals surface area (Å²) < 4.78 is 15.9. The highest BCUT2D eigenvalue weighted by Crippen LogP contribution is 2.23. The number of carbonyl (C=O) groups excluding carboxylic acids is 2. The van der Waals surface area contributed by atoms with E-state index in [2.05, 4.69) is 10.3 Å². The molecule has 0 unspecified atom stereocenters. The molecule has 2 aromatic carbocycles. The van der Waals surface area contributed by atoms with E-state index in [0.29, 0.717) is 31.5 Å². The zero-order chi connectivity index (χ0) is 24.2. The smallest absolute Gasteiger partial charge is 0.256 e. The molecule has 0 radical (unpaired) electrons. The van der Waals surface area contributed by atoms with Crippen LogP contribution in [-0.2, 0) is 5.75 Å². The van der Waals surface area contributed by atoms with Crippen LogP contribution in [0.3, 0.4) is 0 Å². The zero-order valence-electron chi connectivity index (χ0n) is 19.1. The maximum absolute atomic E-state index is 13.9. The normalized spacial score (nSPS) is 14.3. The molecular weight excluding hydrogens is 463 g/mol. The fourth-order valence-electron chi connectivity index (χ4n) is 4.22. The van der Waals surface area contributed by atoms with Crippen LogP contribution < -0.4 is 5.32 Å². The third-order valence-corrected chi connectivity index (χ3v) is 7.18. The summed E-state index contributed by atoms with van der Waals surface area (Å²) in [6, 6.07) is 19.5. The molecule has 6 nitrogen and oxygen atoms in total. The maximum atomic E-state index is 13.9. The van der Waals surface area contributed by atoms with Crippen LogP contribution in [0.15, 0.2) is 84.0 Å². The second kappa shape index (κ2) is 10.3. The Kier molecular flexibility index (Phi) is 6.81. The molecule has 5 rings (SSSR count). The first-order valence-electron chi connectivity index (χ1n) is 11.6. The lowest BCUT2D eigenvalue weighted by Gasteiger charge is -2.32. The number of pyridine rings is 1. The van der Waals surface area contributed by atoms with Gasteiger partial charge in [-0.05, 0) is 61.4 Å². The monoisotopic (exact) mass is 488 g/mol. The molecule has 2 amide bonds. The number of fused-ring (bicyclic) bond motifs is 1. The van der Waals surface area contributed by atoms with Gasteiger partial charge in [0.1, 0.15) is 11.5 Å². The van der Waals surface area contributed by atoms with Crippen molar-refractivity contribution in [3.05, 3.63) is 102 Å². The van der Waals surface area contributed by atoms with Crippen molar-refractivity contribution < 1.29 is 14.0 Å². The standard InChI is InChI=1S/C27H25FN4O2S/c28-24-6-2-1-5-23(24)27(34)31-15-12-20(13-16-31)30-26(33)19-8-10-22(11-9-19)35-18-21-17-32-14-4-3-7-25(32)29-21/h1-11,14,17,20H,12-13,15-16,18H2,(H,30,33). The van der Waals surface area contributed by atoms with Crippen LogP contribution in [-0.4, -0.2) is 45.2 Å². The summed E-state index contributed by atoms with van der Waals surface area (Å²) in [6.45, 7) is 0.966. The minimum Gasteiger partial charge on any atom is -0.349 e. The van der Waals surface area contributed by atoms with Gasteiger partial charge >= 0.3 is 0 Å². The summed E-state index contributed by atoms with van der Waals surface area (Å²) >= 11 is 1.68. The predicted molar refractivity (Wildman–Crippen MR) is 134 cm³/mol. The summed E-state index contributed by atoms with van der Waals surface area (Å²) in [5.41, 5.74) is 2.63. The van der Waals surface area contributed by atoms with Crippen molar-refractivity contribution in [2.45, 2.75) is 29.5 Å². The van der Waals surface area contributed by atoms with E-state index in [1.807, 2.05) is 59.3 Å². The number of nitrogens with zero attached hydrogens (tertiary/aromatic N) is 3. The Balaban J connectivity index is 1.11. The van der Waals surface area contributed by atoms with Crippen molar-refractivity contribution in [2.24, 2.45) is 0 Å². The average Bonchev–Trinajstić information content (AvgIpc) is 3.31. The number of amides is 2. The second-order valence-electron chi connectivity index (χ2n) is 8.53. The SMILES string of the molecule is O=C(NC1CCN(C(=O)c2ccccc2F)CC1)c1ccc(SCc2cn3ccccc3n2)cc1. The molecule has 1 aliphatic rings. The number of rotatable bonds is 6. The van der Waals surface area contributed by atoms with Crippen molar-refractivity contribution in [2.75, 3.05) is 13.1 Å². The molecule has 1 N–H and O–H groups in total. The minimum atomic E-state index is -0.507. The minimum absolute atomic E-state index is 0.0173. The first-order chi connectivity index (χ1) is 17.1. The number of hydrogen-bond donors (Lipinski definition) is 1. The van der Waals surface area contributed by atoms with Gasteiger partial charge in [-0.3, -0.25) is 9.59 Å². The molecule has 1 fully saturated rings. The third kappa shape index (κ3) is 5.38. The molecule has 0 bridgehead atoms. The Hall–Kier alpha value is -3.65. The predicted octanol–water partition coefficient (Wildman–Crippen LogP) is 4.80. The Morgan fingerprint density at radius 1 is 1.00 bits per heavy atom. The van der Waals surface area contributed by atoms with E-state index in [9.17, 15) is 14.0 Å². The molecule has 0 atom stereocenters. The van der Waals surface area contributed by atoms with Gasteiger partial charge in [0, 0.05) is 47.7 Å². The largest absolute Gasteiger partial charge is 0.349 e. The summed E-state index contributed by atoms with van der Waals surface area (Å²) in [7, 11) is 0. The lowest BCUT2D eigenvalue weighted by molar-refractivity contribution is 0.0693.